The van der Waals surface area contributed by atoms with E-state index < -0.39 is 46.8 Å². The fraction of sp³-hybridized carbons (Fsp3) is 0.531. The largest absolute Gasteiger partial charge is 0.444 e. The number of benzene rings is 2. The van der Waals surface area contributed by atoms with Gasteiger partial charge in [-0.1, -0.05) is 61.3 Å². The topological polar surface area (TPSA) is 257 Å². The summed E-state index contributed by atoms with van der Waals surface area (Å²) in [6.45, 7) is 17.2. The number of nitrogens with zero attached hydrogens (tertiary/aromatic N) is 8. The second kappa shape index (κ2) is 29.2. The number of amides is 7. The molecule has 5 aromatic rings. The maximum Gasteiger partial charge on any atom is 0.410 e. The van der Waals surface area contributed by atoms with Crippen LogP contribution in [0.4, 0.5) is 21.1 Å². The molecule has 468 valence electrons. The summed E-state index contributed by atoms with van der Waals surface area (Å²) in [4.78, 5) is 122. The number of ether oxygens (including phenoxy) is 2. The van der Waals surface area contributed by atoms with Crippen molar-refractivity contribution in [1.29, 1.82) is 0 Å². The van der Waals surface area contributed by atoms with Crippen molar-refractivity contribution in [2.75, 3.05) is 89.3 Å². The summed E-state index contributed by atoms with van der Waals surface area (Å²) in [7, 11) is 1.75. The maximum atomic E-state index is 14.8. The minimum atomic E-state index is -1.28. The molecule has 1 unspecified atom stereocenters. The number of H-pyrrole nitrogens is 1. The summed E-state index contributed by atoms with van der Waals surface area (Å²) in [6, 6.07) is 18.6. The van der Waals surface area contributed by atoms with Crippen LogP contribution in [0.2, 0.25) is 5.02 Å². The van der Waals surface area contributed by atoms with Crippen LogP contribution < -0.4 is 26.2 Å². The smallest absolute Gasteiger partial charge is 0.410 e. The van der Waals surface area contributed by atoms with E-state index in [1.165, 1.54) is 11.2 Å². The van der Waals surface area contributed by atoms with Crippen LogP contribution in [-0.4, -0.2) is 177 Å². The molecule has 0 spiro atoms. The molecule has 6 heterocycles. The van der Waals surface area contributed by atoms with Crippen molar-refractivity contribution in [3.05, 3.63) is 101 Å². The third-order valence-electron chi connectivity index (χ3n) is 16.1. The maximum absolute atomic E-state index is 14.8. The molecule has 2 atom stereocenters. The van der Waals surface area contributed by atoms with Crippen LogP contribution >= 0.6 is 11.6 Å². The number of rotatable bonds is 22. The molecule has 3 aliphatic heterocycles. The Morgan fingerprint density at radius 1 is 0.851 bits per heavy atom. The quantitative estimate of drug-likeness (QED) is 0.0407. The van der Waals surface area contributed by atoms with Gasteiger partial charge in [0.05, 0.1) is 17.1 Å². The van der Waals surface area contributed by atoms with Crippen molar-refractivity contribution in [3.63, 3.8) is 0 Å². The molecular formula is C64H86ClN13O9. The Balaban J connectivity index is 0.824. The summed E-state index contributed by atoms with van der Waals surface area (Å²) >= 11 is 6.34. The lowest BCUT2D eigenvalue weighted by Crippen LogP contribution is -2.64. The number of piperidine rings is 2. The number of halogens is 1. The van der Waals surface area contributed by atoms with Crippen molar-refractivity contribution in [2.45, 2.75) is 135 Å². The number of alkyl carbamates (subject to hydrolysis) is 1. The first-order valence-electron chi connectivity index (χ1n) is 30.4. The number of aromatic nitrogens is 4. The zero-order valence-electron chi connectivity index (χ0n) is 51.6. The minimum Gasteiger partial charge on any atom is -0.444 e. The van der Waals surface area contributed by atoms with Crippen LogP contribution in [0, 0.1) is 5.92 Å². The highest BCUT2D eigenvalue weighted by Gasteiger charge is 2.45. The number of nitrogens with one attached hydrogen (secondary N) is 5. The number of unbranched alkanes of at least 4 members (excludes halogenated alkanes) is 2. The predicted molar refractivity (Wildman–Crippen MR) is 334 cm³/mol. The minimum absolute atomic E-state index is 0.00900. The molecule has 3 aromatic heterocycles. The fourth-order valence-corrected chi connectivity index (χ4v) is 11.3. The average Bonchev–Trinajstić information content (AvgIpc) is 1.96. The summed E-state index contributed by atoms with van der Waals surface area (Å²) in [5, 5.41) is 13.6. The fourth-order valence-electron chi connectivity index (χ4n) is 11.2. The van der Waals surface area contributed by atoms with E-state index in [-0.39, 0.29) is 54.5 Å². The highest BCUT2D eigenvalue weighted by atomic mass is 35.5. The van der Waals surface area contributed by atoms with Gasteiger partial charge in [-0.25, -0.2) is 24.5 Å². The van der Waals surface area contributed by atoms with E-state index in [2.05, 4.69) is 57.9 Å². The van der Waals surface area contributed by atoms with Crippen LogP contribution in [0.15, 0.2) is 79.4 Å². The second-order valence-electron chi connectivity index (χ2n) is 25.0. The van der Waals surface area contributed by atoms with E-state index >= 15 is 0 Å². The molecule has 5 N–H and O–H groups in total. The van der Waals surface area contributed by atoms with Crippen LogP contribution in [0.3, 0.4) is 0 Å². The number of carbonyl (C=O) groups is 7. The number of pyridine rings is 1. The van der Waals surface area contributed by atoms with Gasteiger partial charge in [0, 0.05) is 108 Å². The number of likely N-dealkylation sites (tertiary alicyclic amines) is 1. The number of hydrogen-bond acceptors (Lipinski definition) is 14. The van der Waals surface area contributed by atoms with Gasteiger partial charge in [0.1, 0.15) is 41.1 Å². The average molecular weight is 1220 g/mol. The van der Waals surface area contributed by atoms with Crippen LogP contribution in [0.5, 0.6) is 0 Å². The van der Waals surface area contributed by atoms with Gasteiger partial charge in [0.2, 0.25) is 23.6 Å². The number of aryl methyl sites for hydroxylation is 1. The lowest BCUT2D eigenvalue weighted by molar-refractivity contribution is -0.134. The highest BCUT2D eigenvalue weighted by molar-refractivity contribution is 6.30. The second-order valence-corrected chi connectivity index (χ2v) is 25.5. The first-order chi connectivity index (χ1) is 41.4. The molecule has 0 aliphatic carbocycles. The van der Waals surface area contributed by atoms with Gasteiger partial charge in [-0.3, -0.25) is 33.8 Å². The lowest BCUT2D eigenvalue weighted by atomic mass is 9.85. The molecule has 0 radical (unpaired) electrons. The van der Waals surface area contributed by atoms with Crippen LogP contribution in [0.25, 0.3) is 22.2 Å². The van der Waals surface area contributed by atoms with Crippen molar-refractivity contribution in [1.82, 2.24) is 55.5 Å². The number of aromatic amines is 1. The molecule has 3 aliphatic rings. The lowest BCUT2D eigenvalue weighted by Gasteiger charge is -2.42. The number of carbonyl (C=O) groups excluding carboxylic acids is 7. The molecule has 87 heavy (non-hydrogen) atoms. The first-order valence-corrected chi connectivity index (χ1v) is 30.8. The number of fused-ring (bicyclic) bond motifs is 1. The van der Waals surface area contributed by atoms with Gasteiger partial charge in [0.25, 0.3) is 5.91 Å². The van der Waals surface area contributed by atoms with Gasteiger partial charge < -0.3 is 50.4 Å². The summed E-state index contributed by atoms with van der Waals surface area (Å²) in [5.41, 5.74) is 1.54. The van der Waals surface area contributed by atoms with E-state index in [9.17, 15) is 33.6 Å². The summed E-state index contributed by atoms with van der Waals surface area (Å²) < 4.78 is 11.4. The third-order valence-corrected chi connectivity index (χ3v) is 16.3. The van der Waals surface area contributed by atoms with Crippen molar-refractivity contribution < 1.29 is 43.0 Å². The summed E-state index contributed by atoms with van der Waals surface area (Å²) in [6.07, 6.45) is 8.73. The van der Waals surface area contributed by atoms with E-state index in [1.54, 1.807) is 77.9 Å². The first kappa shape index (κ1) is 65.1. The number of piperazine rings is 1. The van der Waals surface area contributed by atoms with Crippen molar-refractivity contribution in [3.8, 4) is 11.1 Å². The Kier molecular flexibility index (Phi) is 21.9. The van der Waals surface area contributed by atoms with Gasteiger partial charge in [0.15, 0.2) is 5.69 Å². The number of hydrogen-bond donors (Lipinski definition) is 5. The molecule has 23 heteroatoms. The molecule has 3 saturated heterocycles. The van der Waals surface area contributed by atoms with Gasteiger partial charge >= 0.3 is 12.2 Å². The Labute approximate surface area is 515 Å². The Hall–Kier alpha value is -7.85. The Bertz CT molecular complexity index is 3220. The molecule has 2 aromatic carbocycles. The molecule has 0 saturated carbocycles. The molecule has 7 amide bonds. The molecule has 8 rings (SSSR count). The SMILES string of the molecule is CCc1cccc(-c2cnc(C(=O)NCCCCCC(=O)N3CCN(CC[C@H](NC(=O)C4(NC(=O)OC(C)(C)C)CCN(c5ncnc6[nH]ccc56)CC4)c4ccc(Cl)cc4)CC3)c(NC(=O)CN(CC3CCN(C)C(=O)C3)C(=O)OC(C)(C)C)c2)c1. The predicted octanol–water partition coefficient (Wildman–Crippen LogP) is 8.53. The van der Waals surface area contributed by atoms with E-state index in [1.807, 2.05) is 53.6 Å². The summed E-state index contributed by atoms with van der Waals surface area (Å²) in [5.74, 6) is -0.727. The Morgan fingerprint density at radius 2 is 1.59 bits per heavy atom. The van der Waals surface area contributed by atoms with Crippen LogP contribution in [-0.2, 0) is 35.1 Å². The van der Waals surface area contributed by atoms with Crippen molar-refractivity contribution >= 4 is 75.9 Å². The molecule has 22 nitrogen and oxygen atoms in total. The third kappa shape index (κ3) is 18.4. The zero-order chi connectivity index (χ0) is 62.5. The molecular weight excluding hydrogens is 1130 g/mol. The normalized spacial score (nSPS) is 16.9. The van der Waals surface area contributed by atoms with Gasteiger partial charge in [-0.2, -0.15) is 0 Å². The Morgan fingerprint density at radius 3 is 2.29 bits per heavy atom. The molecule has 0 bridgehead atoms. The van der Waals surface area contributed by atoms with Crippen molar-refractivity contribution in [2.24, 2.45) is 5.92 Å². The standard InChI is InChI=1S/C64H86ClN13O9/c1-9-43-14-13-15-46(36-43)47-38-51(71-52(79)41-78(61(85)87-63(5,6)7)40-44-22-28-74(8)54(81)37-44)55(68-39-47)58(82)67-26-12-10-11-16-53(80)76-34-32-75(33-35-76)29-23-50(45-17-19-48(65)20-18-45)72-59(83)64(73-60(84)86-62(2,3)4)24-30-77(31-25-64)57-49-21-27-66-56(49)69-42-70-57/h13-15,17-21,27,36,38-39,42,44,50H,9-12,16,22-26,28-35,37,40-41H2,1-8H3,(H,67,82)(H,71,79)(H,72,83)(H,73,84)(H,66,69,70)/t44?,50-/m0/s1. The van der Waals surface area contributed by atoms with Crippen LogP contribution in [0.1, 0.15) is 134 Å². The molecule has 3 fully saturated rings. The van der Waals surface area contributed by atoms with E-state index in [0.717, 1.165) is 34.3 Å². The van der Waals surface area contributed by atoms with E-state index in [0.29, 0.717) is 127 Å². The van der Waals surface area contributed by atoms with E-state index in [4.69, 9.17) is 21.1 Å². The number of anilines is 2. The van der Waals surface area contributed by atoms with Gasteiger partial charge in [-0.15, -0.1) is 0 Å². The zero-order valence-corrected chi connectivity index (χ0v) is 52.4. The monoisotopic (exact) mass is 1220 g/mol. The van der Waals surface area contributed by atoms with Gasteiger partial charge in [-0.05, 0) is 133 Å². The highest BCUT2D eigenvalue weighted by Crippen LogP contribution is 2.32.